The van der Waals surface area contributed by atoms with Gasteiger partial charge in [0.1, 0.15) is 0 Å². The van der Waals surface area contributed by atoms with E-state index in [2.05, 4.69) is 4.36 Å². The Morgan fingerprint density at radius 3 is 2.00 bits per heavy atom. The number of rotatable bonds is 6. The molecule has 0 saturated heterocycles. The third-order valence-corrected chi connectivity index (χ3v) is 5.25. The van der Waals surface area contributed by atoms with Crippen LogP contribution in [0.2, 0.25) is 0 Å². The van der Waals surface area contributed by atoms with Gasteiger partial charge in [-0.3, -0.25) is 0 Å². The minimum atomic E-state index is -2.29. The fraction of sp³-hybridized carbons (Fsp3) is 0.250. The average Bonchev–Trinajstić information content (AvgIpc) is 2.48. The molecule has 2 N–H and O–H groups in total. The van der Waals surface area contributed by atoms with Crippen LogP contribution in [-0.4, -0.2) is 16.5 Å². The molecule has 0 fully saturated rings. The molecule has 0 radical (unpaired) electrons. The summed E-state index contributed by atoms with van der Waals surface area (Å²) in [4.78, 5) is 0. The van der Waals surface area contributed by atoms with E-state index in [1.807, 2.05) is 60.7 Å². The summed E-state index contributed by atoms with van der Waals surface area (Å²) in [5.41, 5.74) is 7.72. The zero-order valence-electron chi connectivity index (χ0n) is 11.4. The largest absolute Gasteiger partial charge is 0.330 e. The monoisotopic (exact) mass is 288 g/mol. The highest BCUT2D eigenvalue weighted by atomic mass is 32.2. The summed E-state index contributed by atoms with van der Waals surface area (Å²) in [7, 11) is -2.29. The maximum atomic E-state index is 12.9. The Morgan fingerprint density at radius 1 is 0.900 bits per heavy atom. The number of benzene rings is 2. The highest BCUT2D eigenvalue weighted by Gasteiger charge is 2.09. The third-order valence-electron chi connectivity index (χ3n) is 3.00. The molecule has 0 aromatic heterocycles. The van der Waals surface area contributed by atoms with E-state index in [1.54, 1.807) is 0 Å². The van der Waals surface area contributed by atoms with Crippen molar-refractivity contribution in [1.82, 2.24) is 0 Å². The van der Waals surface area contributed by atoms with E-state index >= 15 is 0 Å². The molecule has 0 saturated carbocycles. The van der Waals surface area contributed by atoms with Crippen molar-refractivity contribution in [2.24, 2.45) is 10.1 Å². The molecular weight excluding hydrogens is 268 g/mol. The quantitative estimate of drug-likeness (QED) is 0.888. The lowest BCUT2D eigenvalue weighted by Gasteiger charge is -2.09. The second-order valence-electron chi connectivity index (χ2n) is 4.67. The smallest absolute Gasteiger partial charge is 0.0734 e. The number of nitrogens with two attached hydrogens (primary N) is 1. The van der Waals surface area contributed by atoms with Crippen molar-refractivity contribution >= 4 is 9.73 Å². The van der Waals surface area contributed by atoms with Gasteiger partial charge < -0.3 is 5.73 Å². The molecule has 0 aliphatic heterocycles. The Morgan fingerprint density at radius 2 is 1.45 bits per heavy atom. The van der Waals surface area contributed by atoms with Crippen LogP contribution < -0.4 is 5.73 Å². The fourth-order valence-electron chi connectivity index (χ4n) is 1.98. The molecule has 0 bridgehead atoms. The van der Waals surface area contributed by atoms with Crippen molar-refractivity contribution in [3.63, 3.8) is 0 Å². The highest BCUT2D eigenvalue weighted by molar-refractivity contribution is 7.92. The number of nitrogens with zero attached hydrogens (tertiary/aromatic N) is 1. The number of hydrogen-bond acceptors (Lipinski definition) is 3. The van der Waals surface area contributed by atoms with Crippen molar-refractivity contribution in [2.75, 3.05) is 12.3 Å². The first-order valence-corrected chi connectivity index (χ1v) is 8.53. The molecule has 2 rings (SSSR count). The standard InChI is InChI=1S/C16H20N2OS/c17-11-12-20(19,14-16-9-5-2-6-10-16)18-13-15-7-3-1-4-8-15/h1-10H,11-14,17H2. The predicted octanol–water partition coefficient (Wildman–Crippen LogP) is 2.81. The summed E-state index contributed by atoms with van der Waals surface area (Å²) >= 11 is 0. The Labute approximate surface area is 121 Å². The van der Waals surface area contributed by atoms with Crippen molar-refractivity contribution in [2.45, 2.75) is 12.3 Å². The SMILES string of the molecule is NCCS(=O)(Cc1ccccc1)=NCc1ccccc1. The first kappa shape index (κ1) is 14.8. The lowest BCUT2D eigenvalue weighted by molar-refractivity contribution is 0.673. The molecular formula is C16H20N2OS. The minimum absolute atomic E-state index is 0.393. The van der Waals surface area contributed by atoms with Gasteiger partial charge in [-0.25, -0.2) is 8.57 Å². The molecule has 2 aromatic rings. The summed E-state index contributed by atoms with van der Waals surface area (Å²) in [5.74, 6) is 0.909. The Kier molecular flexibility index (Phi) is 5.32. The van der Waals surface area contributed by atoms with E-state index in [0.717, 1.165) is 11.1 Å². The first-order valence-electron chi connectivity index (χ1n) is 6.68. The molecule has 1 atom stereocenters. The van der Waals surface area contributed by atoms with Gasteiger partial charge >= 0.3 is 0 Å². The van der Waals surface area contributed by atoms with Gasteiger partial charge in [-0.1, -0.05) is 60.7 Å². The summed E-state index contributed by atoms with van der Waals surface area (Å²) in [5, 5.41) is 0. The second kappa shape index (κ2) is 7.22. The van der Waals surface area contributed by atoms with E-state index in [9.17, 15) is 4.21 Å². The minimum Gasteiger partial charge on any atom is -0.330 e. The van der Waals surface area contributed by atoms with Crippen molar-refractivity contribution < 1.29 is 4.21 Å². The van der Waals surface area contributed by atoms with Gasteiger partial charge in [-0.15, -0.1) is 0 Å². The maximum Gasteiger partial charge on any atom is 0.0734 e. The average molecular weight is 288 g/mol. The van der Waals surface area contributed by atoms with Crippen LogP contribution in [0.15, 0.2) is 65.0 Å². The van der Waals surface area contributed by atoms with Crippen LogP contribution in [0.1, 0.15) is 11.1 Å². The summed E-state index contributed by atoms with van der Waals surface area (Å²) in [6.45, 7) is 0.871. The molecule has 20 heavy (non-hydrogen) atoms. The van der Waals surface area contributed by atoms with Crippen molar-refractivity contribution in [3.05, 3.63) is 71.8 Å². The molecule has 4 heteroatoms. The first-order chi connectivity index (χ1) is 9.72. The van der Waals surface area contributed by atoms with Crippen LogP contribution in [0.3, 0.4) is 0 Å². The molecule has 0 aliphatic rings. The second-order valence-corrected chi connectivity index (χ2v) is 7.17. The van der Waals surface area contributed by atoms with Gasteiger partial charge in [0.15, 0.2) is 0 Å². The topological polar surface area (TPSA) is 55.5 Å². The van der Waals surface area contributed by atoms with Crippen molar-refractivity contribution in [3.8, 4) is 0 Å². The molecule has 0 spiro atoms. The summed E-state index contributed by atoms with van der Waals surface area (Å²) in [6, 6.07) is 19.7. The van der Waals surface area contributed by atoms with E-state index in [-0.39, 0.29) is 0 Å². The van der Waals surface area contributed by atoms with Crippen LogP contribution in [0.4, 0.5) is 0 Å². The Bertz CT molecular complexity index is 632. The molecule has 0 amide bonds. The van der Waals surface area contributed by atoms with E-state index < -0.39 is 9.73 Å². The van der Waals surface area contributed by atoms with Crippen LogP contribution in [0.25, 0.3) is 0 Å². The van der Waals surface area contributed by atoms with E-state index in [1.165, 1.54) is 0 Å². The van der Waals surface area contributed by atoms with Gasteiger partial charge in [0.2, 0.25) is 0 Å². The predicted molar refractivity (Wildman–Crippen MR) is 84.8 cm³/mol. The van der Waals surface area contributed by atoms with E-state index in [4.69, 9.17) is 5.73 Å². The molecule has 106 valence electrons. The lowest BCUT2D eigenvalue weighted by atomic mass is 10.2. The molecule has 2 aromatic carbocycles. The zero-order valence-corrected chi connectivity index (χ0v) is 12.3. The molecule has 0 heterocycles. The van der Waals surface area contributed by atoms with Crippen molar-refractivity contribution in [1.29, 1.82) is 0 Å². The Hall–Kier alpha value is -1.65. The van der Waals surface area contributed by atoms with Gasteiger partial charge in [-0.2, -0.15) is 0 Å². The van der Waals surface area contributed by atoms with Gasteiger partial charge in [0.25, 0.3) is 0 Å². The maximum absolute atomic E-state index is 12.9. The third kappa shape index (κ3) is 4.47. The summed E-state index contributed by atoms with van der Waals surface area (Å²) in [6.07, 6.45) is 0. The molecule has 0 aliphatic carbocycles. The number of hydrogen-bond donors (Lipinski definition) is 1. The van der Waals surface area contributed by atoms with Crippen LogP contribution in [-0.2, 0) is 22.0 Å². The van der Waals surface area contributed by atoms with Gasteiger partial charge in [-0.05, 0) is 11.1 Å². The van der Waals surface area contributed by atoms with Gasteiger partial charge in [0, 0.05) is 12.3 Å². The normalized spacial score (nSPS) is 13.7. The lowest BCUT2D eigenvalue weighted by Crippen LogP contribution is -2.17. The summed E-state index contributed by atoms with van der Waals surface area (Å²) < 4.78 is 17.3. The van der Waals surface area contributed by atoms with Crippen LogP contribution in [0, 0.1) is 0 Å². The molecule has 3 nitrogen and oxygen atoms in total. The Balaban J connectivity index is 2.18. The fourth-order valence-corrected chi connectivity index (χ4v) is 3.81. The molecule has 1 unspecified atom stereocenters. The van der Waals surface area contributed by atoms with Crippen LogP contribution >= 0.6 is 0 Å². The highest BCUT2D eigenvalue weighted by Crippen LogP contribution is 2.11. The zero-order chi connectivity index (χ0) is 14.3. The van der Waals surface area contributed by atoms with Crippen LogP contribution in [0.5, 0.6) is 0 Å². The van der Waals surface area contributed by atoms with E-state index in [0.29, 0.717) is 24.6 Å². The van der Waals surface area contributed by atoms with Gasteiger partial charge in [0.05, 0.1) is 22.0 Å².